The number of thiophene rings is 1. The second-order valence-electron chi connectivity index (χ2n) is 6.79. The number of nitrogens with zero attached hydrogens (tertiary/aromatic N) is 1. The second-order valence-corrected chi connectivity index (χ2v) is 7.73. The number of amides is 1. The van der Waals surface area contributed by atoms with Crippen LogP contribution < -0.4 is 25.4 Å². The van der Waals surface area contributed by atoms with Crippen molar-refractivity contribution in [2.75, 3.05) is 32.8 Å². The predicted octanol–water partition coefficient (Wildman–Crippen LogP) is 4.60. The van der Waals surface area contributed by atoms with Gasteiger partial charge in [-0.25, -0.2) is 0 Å². The van der Waals surface area contributed by atoms with E-state index >= 15 is 0 Å². The van der Waals surface area contributed by atoms with Crippen LogP contribution >= 0.6 is 35.3 Å². The van der Waals surface area contributed by atoms with Gasteiger partial charge in [0, 0.05) is 19.6 Å². The molecule has 0 aliphatic heterocycles. The number of halogens is 1. The van der Waals surface area contributed by atoms with Crippen LogP contribution in [0.1, 0.15) is 55.4 Å². The summed E-state index contributed by atoms with van der Waals surface area (Å²) in [5, 5.41) is 11.5. The molecule has 32 heavy (non-hydrogen) atoms. The quantitative estimate of drug-likeness (QED) is 0.149. The Labute approximate surface area is 212 Å². The van der Waals surface area contributed by atoms with Crippen molar-refractivity contribution in [2.45, 2.75) is 40.2 Å². The van der Waals surface area contributed by atoms with Crippen LogP contribution in [-0.4, -0.2) is 44.7 Å². The zero-order valence-corrected chi connectivity index (χ0v) is 22.4. The van der Waals surface area contributed by atoms with Crippen LogP contribution in [0, 0.1) is 0 Å². The molecule has 0 saturated heterocycles. The lowest BCUT2D eigenvalue weighted by atomic mass is 10.1. The molecule has 0 fully saturated rings. The van der Waals surface area contributed by atoms with Gasteiger partial charge in [0.2, 0.25) is 0 Å². The number of rotatable bonds is 12. The number of aliphatic imine (C=N–C) groups is 1. The van der Waals surface area contributed by atoms with Crippen LogP contribution in [0.5, 0.6) is 11.5 Å². The number of ether oxygens (including phenoxy) is 2. The first kappa shape index (κ1) is 28.0. The van der Waals surface area contributed by atoms with Crippen LogP contribution in [0.2, 0.25) is 0 Å². The molecule has 0 saturated carbocycles. The summed E-state index contributed by atoms with van der Waals surface area (Å²) >= 11 is 1.44. The molecule has 178 valence electrons. The van der Waals surface area contributed by atoms with E-state index in [4.69, 9.17) is 9.47 Å². The SMILES string of the molecule is CCNC(=NCCCNC(=O)c1cccs1)NC(C)c1ccc(OCC)c(OCC)c1.I. The van der Waals surface area contributed by atoms with Gasteiger partial charge in [0.25, 0.3) is 5.91 Å². The summed E-state index contributed by atoms with van der Waals surface area (Å²) in [5.74, 6) is 2.22. The highest BCUT2D eigenvalue weighted by Gasteiger charge is 2.12. The van der Waals surface area contributed by atoms with Crippen molar-refractivity contribution in [1.82, 2.24) is 16.0 Å². The van der Waals surface area contributed by atoms with Gasteiger partial charge < -0.3 is 25.4 Å². The van der Waals surface area contributed by atoms with Crippen molar-refractivity contribution in [2.24, 2.45) is 4.99 Å². The summed E-state index contributed by atoms with van der Waals surface area (Å²) in [4.78, 5) is 17.3. The fourth-order valence-corrected chi connectivity index (χ4v) is 3.55. The molecule has 2 aromatic rings. The minimum Gasteiger partial charge on any atom is -0.490 e. The van der Waals surface area contributed by atoms with Gasteiger partial charge in [-0.1, -0.05) is 12.1 Å². The van der Waals surface area contributed by atoms with E-state index < -0.39 is 0 Å². The molecule has 9 heteroatoms. The van der Waals surface area contributed by atoms with Crippen LogP contribution in [0.15, 0.2) is 40.7 Å². The molecule has 0 aliphatic rings. The fraction of sp³-hybridized carbons (Fsp3) is 0.478. The molecule has 7 nitrogen and oxygen atoms in total. The monoisotopic (exact) mass is 574 g/mol. The van der Waals surface area contributed by atoms with Gasteiger partial charge in [0.1, 0.15) is 0 Å². The number of carbonyl (C=O) groups excluding carboxylic acids is 1. The number of hydrogen-bond acceptors (Lipinski definition) is 5. The van der Waals surface area contributed by atoms with Gasteiger partial charge in [-0.3, -0.25) is 9.79 Å². The Morgan fingerprint density at radius 3 is 2.50 bits per heavy atom. The topological polar surface area (TPSA) is 84.0 Å². The third-order valence-corrected chi connectivity index (χ3v) is 5.27. The van der Waals surface area contributed by atoms with Crippen molar-refractivity contribution in [3.05, 3.63) is 46.2 Å². The van der Waals surface area contributed by atoms with Gasteiger partial charge in [-0.2, -0.15) is 0 Å². The van der Waals surface area contributed by atoms with Gasteiger partial charge in [-0.05, 0) is 63.3 Å². The molecule has 2 rings (SSSR count). The van der Waals surface area contributed by atoms with E-state index in [1.807, 2.05) is 56.5 Å². The van der Waals surface area contributed by atoms with Crippen LogP contribution in [0.25, 0.3) is 0 Å². The average molecular weight is 575 g/mol. The Hall–Kier alpha value is -2.01. The molecule has 3 N–H and O–H groups in total. The highest BCUT2D eigenvalue weighted by atomic mass is 127. The Morgan fingerprint density at radius 1 is 1.09 bits per heavy atom. The summed E-state index contributed by atoms with van der Waals surface area (Å²) in [6.45, 7) is 11.2. The zero-order valence-electron chi connectivity index (χ0n) is 19.3. The lowest BCUT2D eigenvalue weighted by Gasteiger charge is -2.20. The minimum atomic E-state index is -0.0294. The third kappa shape index (κ3) is 9.23. The standard InChI is InChI=1S/C23H34N4O3S.HI/c1-5-24-23(26-14-9-13-25-22(28)21-10-8-15-31-21)27-17(4)18-11-12-19(29-6-2)20(16-18)30-7-3;/h8,10-12,15-17H,5-7,9,13-14H2,1-4H3,(H,25,28)(H2,24,26,27);1H. The number of hydrogen-bond donors (Lipinski definition) is 3. The first-order valence-electron chi connectivity index (χ1n) is 10.8. The first-order chi connectivity index (χ1) is 15.1. The third-order valence-electron chi connectivity index (χ3n) is 4.40. The van der Waals surface area contributed by atoms with Crippen molar-refractivity contribution < 1.29 is 14.3 Å². The van der Waals surface area contributed by atoms with E-state index in [0.717, 1.165) is 40.9 Å². The van der Waals surface area contributed by atoms with Crippen molar-refractivity contribution in [3.8, 4) is 11.5 Å². The van der Waals surface area contributed by atoms with Crippen molar-refractivity contribution in [3.63, 3.8) is 0 Å². The van der Waals surface area contributed by atoms with Crippen molar-refractivity contribution >= 4 is 47.2 Å². The van der Waals surface area contributed by atoms with Crippen LogP contribution in [0.3, 0.4) is 0 Å². The minimum absolute atomic E-state index is 0. The maximum Gasteiger partial charge on any atom is 0.261 e. The number of guanidine groups is 1. The van der Waals surface area contributed by atoms with E-state index in [1.54, 1.807) is 0 Å². The fourth-order valence-electron chi connectivity index (χ4n) is 2.91. The summed E-state index contributed by atoms with van der Waals surface area (Å²) < 4.78 is 11.4. The average Bonchev–Trinajstić information content (AvgIpc) is 3.30. The Kier molecular flexibility index (Phi) is 13.8. The Bertz CT molecular complexity index is 831. The van der Waals surface area contributed by atoms with Crippen LogP contribution in [-0.2, 0) is 0 Å². The lowest BCUT2D eigenvalue weighted by molar-refractivity contribution is 0.0957. The molecule has 1 aromatic heterocycles. The van der Waals surface area contributed by atoms with Gasteiger partial charge >= 0.3 is 0 Å². The smallest absolute Gasteiger partial charge is 0.261 e. The van der Waals surface area contributed by atoms with E-state index in [2.05, 4.69) is 27.9 Å². The number of benzene rings is 1. The highest BCUT2D eigenvalue weighted by molar-refractivity contribution is 14.0. The van der Waals surface area contributed by atoms with Gasteiger partial charge in [-0.15, -0.1) is 35.3 Å². The zero-order chi connectivity index (χ0) is 22.5. The summed E-state index contributed by atoms with van der Waals surface area (Å²) in [6, 6.07) is 9.73. The lowest BCUT2D eigenvalue weighted by Crippen LogP contribution is -2.39. The summed E-state index contributed by atoms with van der Waals surface area (Å²) in [5.41, 5.74) is 1.08. The number of nitrogens with one attached hydrogen (secondary N) is 3. The maximum absolute atomic E-state index is 12.0. The van der Waals surface area contributed by atoms with E-state index in [-0.39, 0.29) is 35.9 Å². The summed E-state index contributed by atoms with van der Waals surface area (Å²) in [6.07, 6.45) is 0.764. The number of carbonyl (C=O) groups is 1. The highest BCUT2D eigenvalue weighted by Crippen LogP contribution is 2.30. The molecule has 1 aromatic carbocycles. The molecule has 0 radical (unpaired) electrons. The molecular weight excluding hydrogens is 539 g/mol. The summed E-state index contributed by atoms with van der Waals surface area (Å²) in [7, 11) is 0. The van der Waals surface area contributed by atoms with Crippen LogP contribution in [0.4, 0.5) is 0 Å². The van der Waals surface area contributed by atoms with E-state index in [1.165, 1.54) is 11.3 Å². The maximum atomic E-state index is 12.0. The first-order valence-corrected chi connectivity index (χ1v) is 11.7. The molecule has 1 unspecified atom stereocenters. The molecule has 1 atom stereocenters. The molecule has 0 spiro atoms. The molecular formula is C23H35IN4O3S. The second kappa shape index (κ2) is 15.7. The predicted molar refractivity (Wildman–Crippen MR) is 143 cm³/mol. The normalized spacial score (nSPS) is 11.8. The Morgan fingerprint density at radius 2 is 1.84 bits per heavy atom. The molecule has 0 aliphatic carbocycles. The Balaban J connectivity index is 0.00000512. The molecule has 1 amide bonds. The largest absolute Gasteiger partial charge is 0.490 e. The molecule has 0 bridgehead atoms. The van der Waals surface area contributed by atoms with Gasteiger partial charge in [0.15, 0.2) is 17.5 Å². The van der Waals surface area contributed by atoms with E-state index in [0.29, 0.717) is 26.3 Å². The van der Waals surface area contributed by atoms with Crippen molar-refractivity contribution in [1.29, 1.82) is 0 Å². The van der Waals surface area contributed by atoms with Gasteiger partial charge in [0.05, 0.1) is 24.1 Å². The molecule has 1 heterocycles. The van der Waals surface area contributed by atoms with E-state index in [9.17, 15) is 4.79 Å².